The maximum atomic E-state index is 13.3. The number of carboxylic acid groups (broad SMARTS) is 1. The summed E-state index contributed by atoms with van der Waals surface area (Å²) in [6.45, 7) is 2.93. The number of nitrogens with one attached hydrogen (secondary N) is 1. The lowest BCUT2D eigenvalue weighted by atomic mass is 9.98. The number of carbonyl (C=O) groups is 2. The van der Waals surface area contributed by atoms with Gasteiger partial charge in [0.25, 0.3) is 0 Å². The first-order valence-electron chi connectivity index (χ1n) is 5.77. The van der Waals surface area contributed by atoms with Gasteiger partial charge in [0.05, 0.1) is 6.42 Å². The van der Waals surface area contributed by atoms with Gasteiger partial charge in [-0.2, -0.15) is 0 Å². The van der Waals surface area contributed by atoms with Crippen LogP contribution in [0.1, 0.15) is 25.8 Å². The number of aliphatic carboxylic acids is 1. The van der Waals surface area contributed by atoms with Gasteiger partial charge in [0.15, 0.2) is 0 Å². The van der Waals surface area contributed by atoms with E-state index in [0.29, 0.717) is 0 Å². The van der Waals surface area contributed by atoms with Gasteiger partial charge in [0.1, 0.15) is 17.2 Å². The molecule has 0 aromatic heterocycles. The summed E-state index contributed by atoms with van der Waals surface area (Å²) >= 11 is 0. The van der Waals surface area contributed by atoms with Crippen molar-refractivity contribution in [1.82, 2.24) is 5.32 Å². The maximum Gasteiger partial charge on any atom is 0.329 e. The highest BCUT2D eigenvalue weighted by Crippen LogP contribution is 2.14. The monoisotopic (exact) mass is 271 g/mol. The van der Waals surface area contributed by atoms with Crippen molar-refractivity contribution in [2.45, 2.75) is 32.2 Å². The van der Waals surface area contributed by atoms with E-state index in [9.17, 15) is 18.4 Å². The van der Waals surface area contributed by atoms with Gasteiger partial charge in [-0.3, -0.25) is 4.79 Å². The number of benzene rings is 1. The van der Waals surface area contributed by atoms with Crippen LogP contribution < -0.4 is 5.32 Å². The molecule has 0 aliphatic carbocycles. The third kappa shape index (κ3) is 3.49. The fourth-order valence-electron chi connectivity index (χ4n) is 1.51. The van der Waals surface area contributed by atoms with Crippen LogP contribution in [0.4, 0.5) is 8.78 Å². The van der Waals surface area contributed by atoms with Crippen molar-refractivity contribution < 1.29 is 23.5 Å². The van der Waals surface area contributed by atoms with E-state index in [1.165, 1.54) is 13.0 Å². The van der Waals surface area contributed by atoms with Crippen molar-refractivity contribution in [2.75, 3.05) is 0 Å². The van der Waals surface area contributed by atoms with Crippen molar-refractivity contribution in [2.24, 2.45) is 0 Å². The minimum absolute atomic E-state index is 0.161. The Kier molecular flexibility index (Phi) is 4.58. The number of carbonyl (C=O) groups excluding carboxylic acids is 1. The summed E-state index contributed by atoms with van der Waals surface area (Å²) in [5.41, 5.74) is -1.82. The van der Waals surface area contributed by atoms with Crippen molar-refractivity contribution in [3.05, 3.63) is 35.4 Å². The highest BCUT2D eigenvalue weighted by molar-refractivity contribution is 5.87. The van der Waals surface area contributed by atoms with Gasteiger partial charge in [-0.25, -0.2) is 13.6 Å². The quantitative estimate of drug-likeness (QED) is 0.859. The standard InChI is InChI=1S/C13H15F2NO3/c1-3-13(2,12(18)19)16-11(17)7-8-9(14)5-4-6-10(8)15/h4-6H,3,7H2,1-2H3,(H,16,17)(H,18,19). The fourth-order valence-corrected chi connectivity index (χ4v) is 1.51. The molecule has 1 rings (SSSR count). The molecule has 2 N–H and O–H groups in total. The van der Waals surface area contributed by atoms with E-state index in [-0.39, 0.29) is 12.0 Å². The van der Waals surface area contributed by atoms with Crippen LogP contribution in [0.5, 0.6) is 0 Å². The van der Waals surface area contributed by atoms with Gasteiger partial charge in [0, 0.05) is 5.56 Å². The summed E-state index contributed by atoms with van der Waals surface area (Å²) in [4.78, 5) is 22.7. The SMILES string of the molecule is CCC(C)(NC(=O)Cc1c(F)cccc1F)C(=O)O. The zero-order chi connectivity index (χ0) is 14.6. The third-order valence-corrected chi connectivity index (χ3v) is 2.99. The summed E-state index contributed by atoms with van der Waals surface area (Å²) in [6.07, 6.45) is -0.380. The second-order valence-corrected chi connectivity index (χ2v) is 4.42. The first kappa shape index (κ1) is 15.1. The molecule has 6 heteroatoms. The van der Waals surface area contributed by atoms with Crippen molar-refractivity contribution in [1.29, 1.82) is 0 Å². The molecule has 0 fully saturated rings. The molecule has 0 bridgehead atoms. The first-order valence-corrected chi connectivity index (χ1v) is 5.77. The van der Waals surface area contributed by atoms with E-state index in [2.05, 4.69) is 5.32 Å². The summed E-state index contributed by atoms with van der Waals surface area (Å²) in [7, 11) is 0. The van der Waals surface area contributed by atoms with Crippen LogP contribution in [0.2, 0.25) is 0 Å². The summed E-state index contributed by atoms with van der Waals surface area (Å²) in [5.74, 6) is -3.60. The molecule has 0 aliphatic heterocycles. The van der Waals surface area contributed by atoms with Gasteiger partial charge in [-0.15, -0.1) is 0 Å². The average Bonchev–Trinajstić information content (AvgIpc) is 2.33. The van der Waals surface area contributed by atoms with Crippen LogP contribution in [0.25, 0.3) is 0 Å². The highest BCUT2D eigenvalue weighted by atomic mass is 19.1. The molecule has 0 saturated heterocycles. The topological polar surface area (TPSA) is 66.4 Å². The van der Waals surface area contributed by atoms with E-state index in [4.69, 9.17) is 5.11 Å². The second kappa shape index (κ2) is 5.77. The molecule has 0 aliphatic rings. The largest absolute Gasteiger partial charge is 0.480 e. The number of amides is 1. The lowest BCUT2D eigenvalue weighted by molar-refractivity contribution is -0.146. The van der Waals surface area contributed by atoms with Crippen LogP contribution in [-0.4, -0.2) is 22.5 Å². The third-order valence-electron chi connectivity index (χ3n) is 2.99. The Hall–Kier alpha value is -1.98. The van der Waals surface area contributed by atoms with Crippen molar-refractivity contribution in [3.8, 4) is 0 Å². The second-order valence-electron chi connectivity index (χ2n) is 4.42. The van der Waals surface area contributed by atoms with Gasteiger partial charge in [-0.1, -0.05) is 13.0 Å². The van der Waals surface area contributed by atoms with E-state index >= 15 is 0 Å². The Labute approximate surface area is 109 Å². The molecule has 1 unspecified atom stereocenters. The Morgan fingerprint density at radius 1 is 1.32 bits per heavy atom. The minimum atomic E-state index is -1.45. The molecular weight excluding hydrogens is 256 g/mol. The first-order chi connectivity index (χ1) is 8.80. The van der Waals surface area contributed by atoms with Gasteiger partial charge in [-0.05, 0) is 25.5 Å². The van der Waals surface area contributed by atoms with Gasteiger partial charge >= 0.3 is 5.97 Å². The normalized spacial score (nSPS) is 13.7. The zero-order valence-electron chi connectivity index (χ0n) is 10.7. The van der Waals surface area contributed by atoms with E-state index in [0.717, 1.165) is 12.1 Å². The Morgan fingerprint density at radius 2 is 1.84 bits per heavy atom. The molecule has 0 radical (unpaired) electrons. The number of hydrogen-bond donors (Lipinski definition) is 2. The van der Waals surface area contributed by atoms with Gasteiger partial charge < -0.3 is 10.4 Å². The molecule has 0 saturated carbocycles. The molecule has 0 spiro atoms. The molecule has 1 amide bonds. The van der Waals surface area contributed by atoms with Crippen LogP contribution in [0.3, 0.4) is 0 Å². The van der Waals surface area contributed by atoms with Gasteiger partial charge in [0.2, 0.25) is 5.91 Å². The van der Waals surface area contributed by atoms with Crippen molar-refractivity contribution in [3.63, 3.8) is 0 Å². The molecule has 1 atom stereocenters. The summed E-state index contributed by atoms with van der Waals surface area (Å²) < 4.78 is 26.7. The summed E-state index contributed by atoms with van der Waals surface area (Å²) in [6, 6.07) is 3.28. The van der Waals surface area contributed by atoms with Crippen LogP contribution in [0, 0.1) is 11.6 Å². The number of hydrogen-bond acceptors (Lipinski definition) is 2. The lowest BCUT2D eigenvalue weighted by Gasteiger charge is -2.24. The average molecular weight is 271 g/mol. The lowest BCUT2D eigenvalue weighted by Crippen LogP contribution is -2.52. The van der Waals surface area contributed by atoms with Crippen molar-refractivity contribution >= 4 is 11.9 Å². The highest BCUT2D eigenvalue weighted by Gasteiger charge is 2.32. The summed E-state index contributed by atoms with van der Waals surface area (Å²) in [5, 5.41) is 11.3. The molecule has 4 nitrogen and oxygen atoms in total. The smallest absolute Gasteiger partial charge is 0.329 e. The van der Waals surface area contributed by atoms with E-state index < -0.39 is 35.5 Å². The Morgan fingerprint density at radius 3 is 2.26 bits per heavy atom. The minimum Gasteiger partial charge on any atom is -0.480 e. The predicted molar refractivity (Wildman–Crippen MR) is 64.5 cm³/mol. The molecule has 1 aromatic rings. The molecule has 0 heterocycles. The zero-order valence-corrected chi connectivity index (χ0v) is 10.7. The molecule has 104 valence electrons. The van der Waals surface area contributed by atoms with Crippen LogP contribution >= 0.6 is 0 Å². The van der Waals surface area contributed by atoms with E-state index in [1.54, 1.807) is 6.92 Å². The van der Waals surface area contributed by atoms with Crippen LogP contribution in [0.15, 0.2) is 18.2 Å². The Bertz CT molecular complexity index is 484. The van der Waals surface area contributed by atoms with E-state index in [1.807, 2.05) is 0 Å². The number of halogens is 2. The van der Waals surface area contributed by atoms with Crippen LogP contribution in [-0.2, 0) is 16.0 Å². The predicted octanol–water partition coefficient (Wildman–Crippen LogP) is 1.88. The maximum absolute atomic E-state index is 13.3. The number of carboxylic acids is 1. The molecule has 19 heavy (non-hydrogen) atoms. The number of rotatable bonds is 5. The molecule has 1 aromatic carbocycles. The fraction of sp³-hybridized carbons (Fsp3) is 0.385. The Balaban J connectivity index is 2.84. The molecular formula is C13H15F2NO3.